The van der Waals surface area contributed by atoms with Crippen molar-refractivity contribution in [1.29, 1.82) is 0 Å². The standard InChI is InChI=1S/C15H9ClN4O3S/c16-12-6-9-11(24-12)5-10(17-9)13(21)19-20-14(22)7-3-1-2-4-8(7)18-15(20)23/h1-6,17H,(H,18,23)(H,19,21). The van der Waals surface area contributed by atoms with E-state index in [1.807, 2.05) is 0 Å². The van der Waals surface area contributed by atoms with Gasteiger partial charge in [0, 0.05) is 0 Å². The van der Waals surface area contributed by atoms with Crippen LogP contribution in [0.15, 0.2) is 46.0 Å². The smallest absolute Gasteiger partial charge is 0.348 e. The number of H-pyrrole nitrogens is 2. The average Bonchev–Trinajstić information content (AvgIpc) is 3.08. The predicted molar refractivity (Wildman–Crippen MR) is 93.7 cm³/mol. The quantitative estimate of drug-likeness (QED) is 0.511. The molecule has 3 heterocycles. The molecule has 0 saturated heterocycles. The van der Waals surface area contributed by atoms with Crippen LogP contribution in [0.4, 0.5) is 0 Å². The maximum atomic E-state index is 12.4. The van der Waals surface area contributed by atoms with Crippen molar-refractivity contribution < 1.29 is 4.79 Å². The lowest BCUT2D eigenvalue weighted by molar-refractivity contribution is 0.100. The number of aromatic amines is 2. The number of halogens is 1. The molecule has 0 bridgehead atoms. The van der Waals surface area contributed by atoms with Gasteiger partial charge in [-0.1, -0.05) is 23.7 Å². The molecule has 3 N–H and O–H groups in total. The normalized spacial score (nSPS) is 11.2. The highest BCUT2D eigenvalue weighted by molar-refractivity contribution is 7.22. The summed E-state index contributed by atoms with van der Waals surface area (Å²) in [6.07, 6.45) is 0. The van der Waals surface area contributed by atoms with E-state index in [2.05, 4.69) is 15.4 Å². The Morgan fingerprint density at radius 2 is 1.92 bits per heavy atom. The second kappa shape index (κ2) is 5.36. The zero-order valence-electron chi connectivity index (χ0n) is 11.9. The molecule has 0 radical (unpaired) electrons. The van der Waals surface area contributed by atoms with Gasteiger partial charge in [-0.15, -0.1) is 11.3 Å². The lowest BCUT2D eigenvalue weighted by atomic mass is 10.2. The first-order chi connectivity index (χ1) is 11.5. The van der Waals surface area contributed by atoms with Crippen molar-refractivity contribution in [2.45, 2.75) is 0 Å². The van der Waals surface area contributed by atoms with Crippen LogP contribution in [0.25, 0.3) is 21.1 Å². The molecule has 0 aliphatic heterocycles. The third kappa shape index (κ3) is 2.32. The minimum atomic E-state index is -0.719. The highest BCUT2D eigenvalue weighted by Crippen LogP contribution is 2.29. The van der Waals surface area contributed by atoms with Crippen molar-refractivity contribution in [3.8, 4) is 0 Å². The Bertz CT molecular complexity index is 1190. The minimum Gasteiger partial charge on any atom is -0.350 e. The van der Waals surface area contributed by atoms with Gasteiger partial charge in [0.15, 0.2) is 0 Å². The second-order valence-electron chi connectivity index (χ2n) is 5.07. The number of carbonyl (C=O) groups is 1. The summed E-state index contributed by atoms with van der Waals surface area (Å²) < 4.78 is 2.07. The Labute approximate surface area is 142 Å². The van der Waals surface area contributed by atoms with Crippen LogP contribution in [0.3, 0.4) is 0 Å². The first-order valence-corrected chi connectivity index (χ1v) is 8.06. The van der Waals surface area contributed by atoms with Gasteiger partial charge in [0.25, 0.3) is 11.5 Å². The number of nitrogens with one attached hydrogen (secondary N) is 3. The van der Waals surface area contributed by atoms with E-state index in [1.165, 1.54) is 11.3 Å². The van der Waals surface area contributed by atoms with Crippen LogP contribution in [0.1, 0.15) is 10.5 Å². The molecular formula is C15H9ClN4O3S. The zero-order chi connectivity index (χ0) is 16.8. The Balaban J connectivity index is 1.75. The number of rotatable bonds is 2. The third-order valence-corrected chi connectivity index (χ3v) is 4.75. The van der Waals surface area contributed by atoms with Crippen LogP contribution < -0.4 is 16.7 Å². The van der Waals surface area contributed by atoms with Gasteiger partial charge in [-0.25, -0.2) is 4.79 Å². The molecule has 0 unspecified atom stereocenters. The Morgan fingerprint density at radius 1 is 1.12 bits per heavy atom. The predicted octanol–water partition coefficient (Wildman–Crippen LogP) is 2.27. The van der Waals surface area contributed by atoms with E-state index in [-0.39, 0.29) is 5.69 Å². The van der Waals surface area contributed by atoms with Crippen LogP contribution >= 0.6 is 22.9 Å². The molecule has 120 valence electrons. The molecule has 0 fully saturated rings. The maximum Gasteiger partial charge on any atom is 0.348 e. The summed E-state index contributed by atoms with van der Waals surface area (Å²) >= 11 is 7.21. The number of hydrogen-bond acceptors (Lipinski definition) is 4. The first kappa shape index (κ1) is 14.7. The largest absolute Gasteiger partial charge is 0.350 e. The third-order valence-electron chi connectivity index (χ3n) is 3.54. The van der Waals surface area contributed by atoms with Crippen LogP contribution in [-0.2, 0) is 0 Å². The zero-order valence-corrected chi connectivity index (χ0v) is 13.5. The summed E-state index contributed by atoms with van der Waals surface area (Å²) in [4.78, 5) is 42.2. The van der Waals surface area contributed by atoms with Gasteiger partial charge < -0.3 is 9.97 Å². The summed E-state index contributed by atoms with van der Waals surface area (Å²) in [6.45, 7) is 0. The van der Waals surface area contributed by atoms with Crippen LogP contribution in [-0.4, -0.2) is 20.6 Å². The van der Waals surface area contributed by atoms with Crippen LogP contribution in [0, 0.1) is 0 Å². The van der Waals surface area contributed by atoms with Gasteiger partial charge >= 0.3 is 5.69 Å². The molecule has 0 spiro atoms. The fourth-order valence-corrected chi connectivity index (χ4v) is 3.58. The number of carbonyl (C=O) groups excluding carboxylic acids is 1. The SMILES string of the molecule is O=C(Nn1c(=O)[nH]c2ccccc2c1=O)c1cc2sc(Cl)cc2[nH]1. The van der Waals surface area contributed by atoms with Gasteiger partial charge in [-0.05, 0) is 24.3 Å². The number of para-hydroxylation sites is 1. The van der Waals surface area contributed by atoms with E-state index in [0.717, 1.165) is 10.2 Å². The molecule has 1 aromatic carbocycles. The number of fused-ring (bicyclic) bond motifs is 2. The molecular weight excluding hydrogens is 352 g/mol. The van der Waals surface area contributed by atoms with E-state index in [4.69, 9.17) is 11.6 Å². The Morgan fingerprint density at radius 3 is 2.71 bits per heavy atom. The van der Waals surface area contributed by atoms with Crippen molar-refractivity contribution >= 4 is 50.0 Å². The lowest BCUT2D eigenvalue weighted by Crippen LogP contribution is -2.43. The van der Waals surface area contributed by atoms with Crippen molar-refractivity contribution in [2.75, 3.05) is 5.43 Å². The van der Waals surface area contributed by atoms with Gasteiger partial charge in [-0.2, -0.15) is 4.68 Å². The molecule has 0 saturated carbocycles. The summed E-state index contributed by atoms with van der Waals surface area (Å²) in [6, 6.07) is 9.89. The maximum absolute atomic E-state index is 12.4. The van der Waals surface area contributed by atoms with E-state index in [0.29, 0.717) is 19.9 Å². The summed E-state index contributed by atoms with van der Waals surface area (Å²) in [5.41, 5.74) is 2.35. The topological polar surface area (TPSA) is 99.8 Å². The van der Waals surface area contributed by atoms with E-state index >= 15 is 0 Å². The molecule has 0 atom stereocenters. The minimum absolute atomic E-state index is 0.229. The molecule has 1 amide bonds. The Kier molecular flexibility index (Phi) is 3.29. The summed E-state index contributed by atoms with van der Waals surface area (Å²) in [5.74, 6) is -0.600. The van der Waals surface area contributed by atoms with Crippen LogP contribution in [0.2, 0.25) is 4.34 Å². The number of aromatic nitrogens is 3. The second-order valence-corrected chi connectivity index (χ2v) is 6.78. The average molecular weight is 361 g/mol. The molecule has 7 nitrogen and oxygen atoms in total. The monoisotopic (exact) mass is 360 g/mol. The number of thiophene rings is 1. The van der Waals surface area contributed by atoms with Crippen molar-refractivity contribution in [2.24, 2.45) is 0 Å². The number of amides is 1. The van der Waals surface area contributed by atoms with E-state index in [1.54, 1.807) is 36.4 Å². The molecule has 4 aromatic rings. The highest BCUT2D eigenvalue weighted by atomic mass is 35.5. The van der Waals surface area contributed by atoms with E-state index in [9.17, 15) is 14.4 Å². The summed E-state index contributed by atoms with van der Waals surface area (Å²) in [5, 5.41) is 0.302. The molecule has 4 rings (SSSR count). The molecule has 0 aliphatic rings. The van der Waals surface area contributed by atoms with Gasteiger partial charge in [-0.3, -0.25) is 15.0 Å². The summed E-state index contributed by atoms with van der Waals surface area (Å²) in [7, 11) is 0. The van der Waals surface area contributed by atoms with Crippen molar-refractivity contribution in [3.63, 3.8) is 0 Å². The van der Waals surface area contributed by atoms with Gasteiger partial charge in [0.05, 0.1) is 25.5 Å². The lowest BCUT2D eigenvalue weighted by Gasteiger charge is -2.07. The number of hydrogen-bond donors (Lipinski definition) is 3. The molecule has 0 aliphatic carbocycles. The first-order valence-electron chi connectivity index (χ1n) is 6.86. The fraction of sp³-hybridized carbons (Fsp3) is 0. The van der Waals surface area contributed by atoms with Crippen molar-refractivity contribution in [1.82, 2.24) is 14.6 Å². The molecule has 9 heteroatoms. The number of nitrogens with zero attached hydrogens (tertiary/aromatic N) is 1. The Hall–Kier alpha value is -2.84. The van der Waals surface area contributed by atoms with Gasteiger partial charge in [0.2, 0.25) is 0 Å². The molecule has 3 aromatic heterocycles. The fourth-order valence-electron chi connectivity index (χ4n) is 2.44. The number of benzene rings is 1. The van der Waals surface area contributed by atoms with Crippen LogP contribution in [0.5, 0.6) is 0 Å². The molecule has 24 heavy (non-hydrogen) atoms. The van der Waals surface area contributed by atoms with Crippen molar-refractivity contribution in [3.05, 3.63) is 67.3 Å². The highest BCUT2D eigenvalue weighted by Gasteiger charge is 2.15. The van der Waals surface area contributed by atoms with Gasteiger partial charge in [0.1, 0.15) is 5.69 Å². The van der Waals surface area contributed by atoms with E-state index < -0.39 is 17.2 Å².